The molecule has 0 aromatic heterocycles. The Morgan fingerprint density at radius 3 is 2.78 bits per heavy atom. The molecule has 120 valence electrons. The number of halogens is 1. The molecule has 23 heavy (non-hydrogen) atoms. The highest BCUT2D eigenvalue weighted by atomic mass is 79.9. The lowest BCUT2D eigenvalue weighted by atomic mass is 10.1. The number of rotatable bonds is 5. The van der Waals surface area contributed by atoms with E-state index in [1.807, 2.05) is 57.2 Å². The van der Waals surface area contributed by atoms with Crippen LogP contribution in [0.15, 0.2) is 46.9 Å². The van der Waals surface area contributed by atoms with Gasteiger partial charge in [0, 0.05) is 21.8 Å². The monoisotopic (exact) mass is 373 g/mol. The number of anilines is 1. The first-order valence-electron chi connectivity index (χ1n) is 7.49. The summed E-state index contributed by atoms with van der Waals surface area (Å²) in [5.41, 5.74) is 3.92. The van der Waals surface area contributed by atoms with Crippen LogP contribution in [0.25, 0.3) is 6.08 Å². The number of carbonyl (C=O) groups excluding carboxylic acids is 1. The third-order valence-corrected chi connectivity index (χ3v) is 4.04. The van der Waals surface area contributed by atoms with Crippen LogP contribution in [-0.4, -0.2) is 12.5 Å². The Hall–Kier alpha value is -2.07. The normalized spacial score (nSPS) is 10.8. The maximum absolute atomic E-state index is 12.2. The molecule has 0 saturated heterocycles. The Morgan fingerprint density at radius 2 is 2.04 bits per heavy atom. The standard InChI is InChI=1S/C19H20BrNO2/c1-4-23-18-10-9-16(20)12-15(18)8-11-19(22)21-17-7-5-6-13(2)14(17)3/h5-12H,4H2,1-3H3,(H,21,22)/b11-8+. The summed E-state index contributed by atoms with van der Waals surface area (Å²) in [6, 6.07) is 11.6. The summed E-state index contributed by atoms with van der Waals surface area (Å²) in [7, 11) is 0. The zero-order valence-electron chi connectivity index (χ0n) is 13.5. The summed E-state index contributed by atoms with van der Waals surface area (Å²) in [6.07, 6.45) is 3.28. The van der Waals surface area contributed by atoms with Crippen LogP contribution < -0.4 is 10.1 Å². The van der Waals surface area contributed by atoms with E-state index in [-0.39, 0.29) is 5.91 Å². The molecule has 0 atom stereocenters. The SMILES string of the molecule is CCOc1ccc(Br)cc1/C=C/C(=O)Nc1cccc(C)c1C. The summed E-state index contributed by atoms with van der Waals surface area (Å²) in [6.45, 7) is 6.53. The van der Waals surface area contributed by atoms with Gasteiger partial charge in [0.05, 0.1) is 6.61 Å². The molecule has 0 aliphatic rings. The van der Waals surface area contributed by atoms with E-state index < -0.39 is 0 Å². The van der Waals surface area contributed by atoms with Gasteiger partial charge >= 0.3 is 0 Å². The summed E-state index contributed by atoms with van der Waals surface area (Å²) in [5.74, 6) is 0.590. The first-order chi connectivity index (χ1) is 11.0. The van der Waals surface area contributed by atoms with Gasteiger partial charge in [-0.15, -0.1) is 0 Å². The summed E-state index contributed by atoms with van der Waals surface area (Å²) < 4.78 is 6.51. The fourth-order valence-corrected chi connectivity index (χ4v) is 2.54. The molecule has 0 fully saturated rings. The highest BCUT2D eigenvalue weighted by molar-refractivity contribution is 9.10. The van der Waals surface area contributed by atoms with Crippen molar-refractivity contribution in [3.05, 3.63) is 63.6 Å². The fourth-order valence-electron chi connectivity index (χ4n) is 2.16. The fraction of sp³-hybridized carbons (Fsp3) is 0.211. The highest BCUT2D eigenvalue weighted by Crippen LogP contribution is 2.25. The smallest absolute Gasteiger partial charge is 0.248 e. The van der Waals surface area contributed by atoms with Gasteiger partial charge in [0.15, 0.2) is 0 Å². The van der Waals surface area contributed by atoms with Crippen LogP contribution in [0.5, 0.6) is 5.75 Å². The number of hydrogen-bond donors (Lipinski definition) is 1. The van der Waals surface area contributed by atoms with Crippen molar-refractivity contribution >= 4 is 33.6 Å². The molecule has 0 heterocycles. The first-order valence-corrected chi connectivity index (χ1v) is 8.28. The van der Waals surface area contributed by atoms with Gasteiger partial charge in [-0.1, -0.05) is 28.1 Å². The van der Waals surface area contributed by atoms with E-state index in [4.69, 9.17) is 4.74 Å². The number of benzene rings is 2. The van der Waals surface area contributed by atoms with E-state index in [2.05, 4.69) is 21.2 Å². The first kappa shape index (κ1) is 17.3. The maximum Gasteiger partial charge on any atom is 0.248 e. The van der Waals surface area contributed by atoms with Crippen molar-refractivity contribution in [3.63, 3.8) is 0 Å². The molecular formula is C19H20BrNO2. The molecule has 0 aliphatic carbocycles. The van der Waals surface area contributed by atoms with Gasteiger partial charge in [-0.05, 0) is 62.2 Å². The van der Waals surface area contributed by atoms with Gasteiger partial charge in [0.25, 0.3) is 0 Å². The van der Waals surface area contributed by atoms with Crippen LogP contribution >= 0.6 is 15.9 Å². The molecule has 0 spiro atoms. The Morgan fingerprint density at radius 1 is 1.26 bits per heavy atom. The molecule has 2 aromatic rings. The number of hydrogen-bond acceptors (Lipinski definition) is 2. The van der Waals surface area contributed by atoms with Crippen molar-refractivity contribution in [2.75, 3.05) is 11.9 Å². The largest absolute Gasteiger partial charge is 0.493 e. The van der Waals surface area contributed by atoms with Crippen molar-refractivity contribution in [2.24, 2.45) is 0 Å². The average molecular weight is 374 g/mol. The minimum absolute atomic E-state index is 0.166. The molecule has 2 aromatic carbocycles. The van der Waals surface area contributed by atoms with E-state index in [0.29, 0.717) is 6.61 Å². The van der Waals surface area contributed by atoms with E-state index in [0.717, 1.165) is 32.6 Å². The predicted octanol–water partition coefficient (Wildman–Crippen LogP) is 5.12. The van der Waals surface area contributed by atoms with Crippen LogP contribution in [0, 0.1) is 13.8 Å². The lowest BCUT2D eigenvalue weighted by molar-refractivity contribution is -0.111. The molecule has 0 saturated carbocycles. The zero-order valence-corrected chi connectivity index (χ0v) is 15.1. The number of aryl methyl sites for hydroxylation is 1. The van der Waals surface area contributed by atoms with Crippen LogP contribution in [-0.2, 0) is 4.79 Å². The topological polar surface area (TPSA) is 38.3 Å². The van der Waals surface area contributed by atoms with Crippen molar-refractivity contribution < 1.29 is 9.53 Å². The summed E-state index contributed by atoms with van der Waals surface area (Å²) in [5, 5.41) is 2.91. The van der Waals surface area contributed by atoms with Crippen LogP contribution in [0.2, 0.25) is 0 Å². The summed E-state index contributed by atoms with van der Waals surface area (Å²) in [4.78, 5) is 12.2. The van der Waals surface area contributed by atoms with Crippen molar-refractivity contribution in [1.82, 2.24) is 0 Å². The number of ether oxygens (including phenoxy) is 1. The van der Waals surface area contributed by atoms with Crippen molar-refractivity contribution in [1.29, 1.82) is 0 Å². The Kier molecular flexibility index (Phi) is 5.99. The third-order valence-electron chi connectivity index (χ3n) is 3.55. The van der Waals surface area contributed by atoms with Gasteiger partial charge in [0.2, 0.25) is 5.91 Å². The van der Waals surface area contributed by atoms with Gasteiger partial charge in [0.1, 0.15) is 5.75 Å². The lowest BCUT2D eigenvalue weighted by Gasteiger charge is -2.09. The molecule has 1 N–H and O–H groups in total. The molecule has 0 unspecified atom stereocenters. The molecule has 0 radical (unpaired) electrons. The predicted molar refractivity (Wildman–Crippen MR) is 98.9 cm³/mol. The van der Waals surface area contributed by atoms with Gasteiger partial charge in [-0.3, -0.25) is 4.79 Å². The van der Waals surface area contributed by atoms with Crippen molar-refractivity contribution in [3.8, 4) is 5.75 Å². The molecular weight excluding hydrogens is 354 g/mol. The van der Waals surface area contributed by atoms with E-state index in [1.54, 1.807) is 6.08 Å². The van der Waals surface area contributed by atoms with Crippen LogP contribution in [0.3, 0.4) is 0 Å². The van der Waals surface area contributed by atoms with Gasteiger partial charge in [-0.2, -0.15) is 0 Å². The molecule has 1 amide bonds. The Balaban J connectivity index is 2.15. The number of nitrogens with one attached hydrogen (secondary N) is 1. The zero-order chi connectivity index (χ0) is 16.8. The third kappa shape index (κ3) is 4.70. The number of carbonyl (C=O) groups is 1. The number of amides is 1. The maximum atomic E-state index is 12.2. The molecule has 4 heteroatoms. The second-order valence-corrected chi connectivity index (χ2v) is 6.10. The lowest BCUT2D eigenvalue weighted by Crippen LogP contribution is -2.09. The van der Waals surface area contributed by atoms with E-state index >= 15 is 0 Å². The van der Waals surface area contributed by atoms with E-state index in [9.17, 15) is 4.79 Å². The molecule has 2 rings (SSSR count). The quantitative estimate of drug-likeness (QED) is 0.738. The minimum atomic E-state index is -0.166. The van der Waals surface area contributed by atoms with E-state index in [1.165, 1.54) is 6.08 Å². The Labute approximate surface area is 145 Å². The van der Waals surface area contributed by atoms with Crippen LogP contribution in [0.1, 0.15) is 23.6 Å². The highest BCUT2D eigenvalue weighted by Gasteiger charge is 2.05. The van der Waals surface area contributed by atoms with Gasteiger partial charge in [-0.25, -0.2) is 0 Å². The second kappa shape index (κ2) is 7.97. The average Bonchev–Trinajstić information content (AvgIpc) is 2.52. The van der Waals surface area contributed by atoms with Gasteiger partial charge < -0.3 is 10.1 Å². The minimum Gasteiger partial charge on any atom is -0.493 e. The molecule has 0 bridgehead atoms. The second-order valence-electron chi connectivity index (χ2n) is 5.19. The molecule has 3 nitrogen and oxygen atoms in total. The Bertz CT molecular complexity index is 738. The van der Waals surface area contributed by atoms with Crippen LogP contribution in [0.4, 0.5) is 5.69 Å². The van der Waals surface area contributed by atoms with Crippen molar-refractivity contribution in [2.45, 2.75) is 20.8 Å². The molecule has 0 aliphatic heterocycles. The summed E-state index contributed by atoms with van der Waals surface area (Å²) >= 11 is 3.44.